The number of thiocarbonyl (C=S) groups is 1. The highest BCUT2D eigenvalue weighted by molar-refractivity contribution is 7.80. The number of hydrogen-bond acceptors (Lipinski definition) is 4. The van der Waals surface area contributed by atoms with Gasteiger partial charge in [0.2, 0.25) is 5.91 Å². The molecule has 2 atom stereocenters. The summed E-state index contributed by atoms with van der Waals surface area (Å²) >= 11 is 5.68. The molecule has 2 aromatic heterocycles. The van der Waals surface area contributed by atoms with E-state index in [1.165, 1.54) is 12.1 Å². The molecule has 5 rings (SSSR count). The summed E-state index contributed by atoms with van der Waals surface area (Å²) in [5.74, 6) is 0.899. The highest BCUT2D eigenvalue weighted by atomic mass is 32.1. The molecule has 3 heterocycles. The SMILES string of the molecule is Cc1ccccc1NC(=O)CCN1C(=S)N[C@H](c2ccccn2)[C@@H]1c1ccc(-c2ccc(F)cc2)o1. The van der Waals surface area contributed by atoms with E-state index in [9.17, 15) is 9.18 Å². The topological polar surface area (TPSA) is 70.4 Å². The van der Waals surface area contributed by atoms with E-state index in [2.05, 4.69) is 15.6 Å². The smallest absolute Gasteiger partial charge is 0.226 e. The number of nitrogens with zero attached hydrogens (tertiary/aromatic N) is 2. The van der Waals surface area contributed by atoms with Crippen LogP contribution in [0.25, 0.3) is 11.3 Å². The summed E-state index contributed by atoms with van der Waals surface area (Å²) in [4.78, 5) is 19.3. The summed E-state index contributed by atoms with van der Waals surface area (Å²) in [6.07, 6.45) is 1.98. The molecule has 1 aliphatic heterocycles. The Morgan fingerprint density at radius 2 is 1.86 bits per heavy atom. The third kappa shape index (κ3) is 4.99. The number of furan rings is 1. The predicted molar refractivity (Wildman–Crippen MR) is 141 cm³/mol. The normalized spacial score (nSPS) is 17.2. The molecular weight excluding hydrogens is 475 g/mol. The number of carbonyl (C=O) groups excluding carboxylic acids is 1. The number of anilines is 1. The number of pyridine rings is 1. The number of hydrogen-bond donors (Lipinski definition) is 2. The van der Waals surface area contributed by atoms with E-state index in [0.29, 0.717) is 23.2 Å². The van der Waals surface area contributed by atoms with Gasteiger partial charge in [0.05, 0.1) is 11.7 Å². The summed E-state index contributed by atoms with van der Waals surface area (Å²) in [6, 6.07) is 22.7. The molecule has 8 heteroatoms. The fourth-order valence-corrected chi connectivity index (χ4v) is 4.72. The zero-order chi connectivity index (χ0) is 25.1. The highest BCUT2D eigenvalue weighted by Crippen LogP contribution is 2.40. The average molecular weight is 501 g/mol. The lowest BCUT2D eigenvalue weighted by atomic mass is 10.0. The molecule has 0 spiro atoms. The first-order valence-electron chi connectivity index (χ1n) is 11.7. The largest absolute Gasteiger partial charge is 0.459 e. The van der Waals surface area contributed by atoms with Crippen molar-refractivity contribution in [2.45, 2.75) is 25.4 Å². The van der Waals surface area contributed by atoms with Crippen molar-refractivity contribution in [3.05, 3.63) is 108 Å². The van der Waals surface area contributed by atoms with E-state index < -0.39 is 0 Å². The van der Waals surface area contributed by atoms with Gasteiger partial charge in [-0.2, -0.15) is 0 Å². The molecular formula is C28H25FN4O2S. The van der Waals surface area contributed by atoms with Crippen LogP contribution in [0.15, 0.2) is 89.5 Å². The van der Waals surface area contributed by atoms with E-state index in [0.717, 1.165) is 22.5 Å². The molecule has 182 valence electrons. The van der Waals surface area contributed by atoms with Gasteiger partial charge in [0.25, 0.3) is 0 Å². The van der Waals surface area contributed by atoms with Crippen molar-refractivity contribution in [1.29, 1.82) is 0 Å². The van der Waals surface area contributed by atoms with Crippen LogP contribution >= 0.6 is 12.2 Å². The number of carbonyl (C=O) groups is 1. The minimum absolute atomic E-state index is 0.0985. The van der Waals surface area contributed by atoms with Crippen molar-refractivity contribution in [2.24, 2.45) is 0 Å². The number of para-hydroxylation sites is 1. The Bertz CT molecular complexity index is 1370. The highest BCUT2D eigenvalue weighted by Gasteiger charge is 2.41. The van der Waals surface area contributed by atoms with Crippen LogP contribution in [0.1, 0.15) is 35.5 Å². The summed E-state index contributed by atoms with van der Waals surface area (Å²) in [5, 5.41) is 6.87. The number of amides is 1. The maximum Gasteiger partial charge on any atom is 0.226 e. The Hall–Kier alpha value is -4.04. The van der Waals surface area contributed by atoms with E-state index in [-0.39, 0.29) is 30.2 Å². The fraction of sp³-hybridized carbons (Fsp3) is 0.179. The number of nitrogens with one attached hydrogen (secondary N) is 2. The van der Waals surface area contributed by atoms with Gasteiger partial charge in [-0.3, -0.25) is 9.78 Å². The average Bonchev–Trinajstić information content (AvgIpc) is 3.50. The first-order chi connectivity index (χ1) is 17.5. The summed E-state index contributed by atoms with van der Waals surface area (Å²) in [5.41, 5.74) is 3.38. The molecule has 0 saturated carbocycles. The Labute approximate surface area is 214 Å². The molecule has 2 aromatic carbocycles. The minimum Gasteiger partial charge on any atom is -0.459 e. The first-order valence-corrected chi connectivity index (χ1v) is 12.1. The zero-order valence-corrected chi connectivity index (χ0v) is 20.5. The number of aromatic nitrogens is 1. The monoisotopic (exact) mass is 500 g/mol. The number of benzene rings is 2. The minimum atomic E-state index is -0.312. The Balaban J connectivity index is 1.40. The maximum absolute atomic E-state index is 13.4. The van der Waals surface area contributed by atoms with E-state index in [4.69, 9.17) is 16.6 Å². The zero-order valence-electron chi connectivity index (χ0n) is 19.6. The van der Waals surface area contributed by atoms with Crippen molar-refractivity contribution in [3.63, 3.8) is 0 Å². The van der Waals surface area contributed by atoms with Crippen molar-refractivity contribution in [1.82, 2.24) is 15.2 Å². The second-order valence-corrected chi connectivity index (χ2v) is 9.03. The molecule has 1 amide bonds. The van der Waals surface area contributed by atoms with Crippen LogP contribution < -0.4 is 10.6 Å². The van der Waals surface area contributed by atoms with Crippen molar-refractivity contribution < 1.29 is 13.6 Å². The quantitative estimate of drug-likeness (QED) is 0.313. The molecule has 4 aromatic rings. The van der Waals surface area contributed by atoms with Crippen LogP contribution in [0.3, 0.4) is 0 Å². The van der Waals surface area contributed by atoms with E-state index in [1.807, 2.05) is 66.4 Å². The molecule has 1 fully saturated rings. The molecule has 1 aliphatic rings. The van der Waals surface area contributed by atoms with Gasteiger partial charge in [0.1, 0.15) is 23.4 Å². The molecule has 36 heavy (non-hydrogen) atoms. The van der Waals surface area contributed by atoms with Crippen LogP contribution in [0.2, 0.25) is 0 Å². The molecule has 1 saturated heterocycles. The standard InChI is InChI=1S/C28H25FN4O2S/c1-18-6-2-3-7-21(18)31-25(34)15-17-33-27(26(32-28(33)36)22-8-4-5-16-30-22)24-14-13-23(35-24)19-9-11-20(29)12-10-19/h2-14,16,26-27H,15,17H2,1H3,(H,31,34)(H,32,36)/t26-,27+/m1/s1. The lowest BCUT2D eigenvalue weighted by Crippen LogP contribution is -2.32. The van der Waals surface area contributed by atoms with E-state index in [1.54, 1.807) is 18.3 Å². The van der Waals surface area contributed by atoms with Gasteiger partial charge in [-0.1, -0.05) is 24.3 Å². The third-order valence-corrected chi connectivity index (χ3v) is 6.60. The lowest BCUT2D eigenvalue weighted by Gasteiger charge is -2.26. The molecule has 0 unspecified atom stereocenters. The number of aryl methyl sites for hydroxylation is 1. The van der Waals surface area contributed by atoms with Gasteiger partial charge in [-0.15, -0.1) is 0 Å². The van der Waals surface area contributed by atoms with Crippen LogP contribution in [0.5, 0.6) is 0 Å². The van der Waals surface area contributed by atoms with Gasteiger partial charge in [0.15, 0.2) is 5.11 Å². The van der Waals surface area contributed by atoms with Gasteiger partial charge < -0.3 is 20.0 Å². The van der Waals surface area contributed by atoms with Crippen LogP contribution in [0, 0.1) is 12.7 Å². The molecule has 2 N–H and O–H groups in total. The molecule has 0 aliphatic carbocycles. The molecule has 0 radical (unpaired) electrons. The maximum atomic E-state index is 13.4. The van der Waals surface area contributed by atoms with Gasteiger partial charge in [-0.05, 0) is 79.3 Å². The molecule has 6 nitrogen and oxygen atoms in total. The number of rotatable bonds is 7. The second-order valence-electron chi connectivity index (χ2n) is 8.64. The summed E-state index contributed by atoms with van der Waals surface area (Å²) in [6.45, 7) is 2.35. The number of halogens is 1. The first kappa shape index (κ1) is 23.7. The van der Waals surface area contributed by atoms with Crippen LogP contribution in [0.4, 0.5) is 10.1 Å². The molecule has 0 bridgehead atoms. The Morgan fingerprint density at radius 3 is 2.61 bits per heavy atom. The van der Waals surface area contributed by atoms with Crippen LogP contribution in [-0.2, 0) is 4.79 Å². The van der Waals surface area contributed by atoms with Crippen molar-refractivity contribution in [3.8, 4) is 11.3 Å². The summed E-state index contributed by atoms with van der Waals surface area (Å²) in [7, 11) is 0. The van der Waals surface area contributed by atoms with Crippen LogP contribution in [-0.4, -0.2) is 27.4 Å². The third-order valence-electron chi connectivity index (χ3n) is 6.24. The van der Waals surface area contributed by atoms with Gasteiger partial charge in [0, 0.05) is 30.4 Å². The predicted octanol–water partition coefficient (Wildman–Crippen LogP) is 5.79. The summed E-state index contributed by atoms with van der Waals surface area (Å²) < 4.78 is 19.6. The van der Waals surface area contributed by atoms with Gasteiger partial charge >= 0.3 is 0 Å². The van der Waals surface area contributed by atoms with E-state index >= 15 is 0 Å². The Morgan fingerprint density at radius 1 is 1.08 bits per heavy atom. The second kappa shape index (κ2) is 10.3. The van der Waals surface area contributed by atoms with Gasteiger partial charge in [-0.25, -0.2) is 4.39 Å². The van der Waals surface area contributed by atoms with Crippen molar-refractivity contribution in [2.75, 3.05) is 11.9 Å². The van der Waals surface area contributed by atoms with Crippen molar-refractivity contribution >= 4 is 28.9 Å². The lowest BCUT2D eigenvalue weighted by molar-refractivity contribution is -0.116. The fourth-order valence-electron chi connectivity index (χ4n) is 4.38. The Kier molecular flexibility index (Phi) is 6.77.